The molecule has 4 rings (SSSR count). The Hall–Kier alpha value is -2.88. The quantitative estimate of drug-likeness (QED) is 0.416. The number of benzene rings is 2. The second-order valence-electron chi connectivity index (χ2n) is 6.49. The summed E-state index contributed by atoms with van der Waals surface area (Å²) >= 11 is 0. The number of hydrogen-bond donors (Lipinski definition) is 0. The normalized spacial score (nSPS) is 13.0. The van der Waals surface area contributed by atoms with Gasteiger partial charge in [-0.25, -0.2) is 4.79 Å². The molecule has 25 heavy (non-hydrogen) atoms. The topological polar surface area (TPSA) is 56.5 Å². The van der Waals surface area contributed by atoms with E-state index in [-0.39, 0.29) is 18.0 Å². The summed E-state index contributed by atoms with van der Waals surface area (Å²) in [7, 11) is 0. The lowest BCUT2D eigenvalue weighted by atomic mass is 10.1. The van der Waals surface area contributed by atoms with Crippen LogP contribution in [0.2, 0.25) is 0 Å². The van der Waals surface area contributed by atoms with Crippen molar-refractivity contribution in [2.45, 2.75) is 32.6 Å². The van der Waals surface area contributed by atoms with Gasteiger partial charge in [-0.05, 0) is 49.4 Å². The van der Waals surface area contributed by atoms with Crippen LogP contribution in [0.1, 0.15) is 28.7 Å². The van der Waals surface area contributed by atoms with Crippen molar-refractivity contribution in [3.8, 4) is 5.75 Å². The van der Waals surface area contributed by atoms with E-state index in [2.05, 4.69) is 0 Å². The first-order valence-corrected chi connectivity index (χ1v) is 8.45. The third-order valence-electron chi connectivity index (χ3n) is 4.65. The Labute approximate surface area is 145 Å². The summed E-state index contributed by atoms with van der Waals surface area (Å²) in [4.78, 5) is 24.2. The summed E-state index contributed by atoms with van der Waals surface area (Å²) in [5.74, 6) is 0.0532. The summed E-state index contributed by atoms with van der Waals surface area (Å²) in [6.45, 7) is 2.00. The van der Waals surface area contributed by atoms with E-state index >= 15 is 0 Å². The van der Waals surface area contributed by atoms with E-state index in [0.717, 1.165) is 46.9 Å². The molecule has 0 bridgehead atoms. The number of rotatable bonds is 3. The molecular weight excluding hydrogens is 316 g/mol. The van der Waals surface area contributed by atoms with Crippen molar-refractivity contribution in [3.63, 3.8) is 0 Å². The average molecular weight is 334 g/mol. The first kappa shape index (κ1) is 15.6. The lowest BCUT2D eigenvalue weighted by molar-refractivity contribution is -0.133. The second kappa shape index (κ2) is 6.20. The molecule has 1 aromatic heterocycles. The largest absolute Gasteiger partial charge is 0.426 e. The molecule has 0 saturated heterocycles. The predicted molar refractivity (Wildman–Crippen MR) is 95.0 cm³/mol. The molecular formula is C21H18O4. The van der Waals surface area contributed by atoms with Crippen LogP contribution >= 0.6 is 0 Å². The standard InChI is InChI=1S/C21H18O4/c1-13-5-7-14(8-6-13)11-20(22)24-15-9-10-17-16-3-2-4-18(16)21(23)25-19(17)12-15/h5-10,12H,2-4,11H2,1H3. The Morgan fingerprint density at radius 3 is 2.64 bits per heavy atom. The molecule has 0 N–H and O–H groups in total. The van der Waals surface area contributed by atoms with Gasteiger partial charge in [-0.3, -0.25) is 4.79 Å². The van der Waals surface area contributed by atoms with E-state index < -0.39 is 0 Å². The third kappa shape index (κ3) is 3.07. The lowest BCUT2D eigenvalue weighted by Gasteiger charge is -2.08. The molecule has 0 radical (unpaired) electrons. The molecule has 0 unspecified atom stereocenters. The van der Waals surface area contributed by atoms with Crippen molar-refractivity contribution >= 4 is 16.9 Å². The van der Waals surface area contributed by atoms with Gasteiger partial charge in [0.2, 0.25) is 0 Å². The number of fused-ring (bicyclic) bond motifs is 3. The van der Waals surface area contributed by atoms with Crippen LogP contribution < -0.4 is 10.4 Å². The fourth-order valence-corrected chi connectivity index (χ4v) is 3.37. The number of ether oxygens (including phenoxy) is 1. The van der Waals surface area contributed by atoms with Gasteiger partial charge in [-0.15, -0.1) is 0 Å². The van der Waals surface area contributed by atoms with Crippen LogP contribution in [0.25, 0.3) is 11.0 Å². The number of carbonyl (C=O) groups excluding carboxylic acids is 1. The zero-order valence-electron chi connectivity index (χ0n) is 14.0. The van der Waals surface area contributed by atoms with Gasteiger partial charge in [-0.1, -0.05) is 29.8 Å². The zero-order valence-corrected chi connectivity index (χ0v) is 14.0. The molecule has 3 aromatic rings. The highest BCUT2D eigenvalue weighted by atomic mass is 16.5. The summed E-state index contributed by atoms with van der Waals surface area (Å²) in [5, 5.41) is 0.936. The Morgan fingerprint density at radius 1 is 1.08 bits per heavy atom. The van der Waals surface area contributed by atoms with Crippen LogP contribution in [0.15, 0.2) is 51.7 Å². The first-order valence-electron chi connectivity index (χ1n) is 8.45. The molecule has 0 amide bonds. The Kier molecular flexibility index (Phi) is 3.88. The monoisotopic (exact) mass is 334 g/mol. The maximum atomic E-state index is 12.1. The van der Waals surface area contributed by atoms with Gasteiger partial charge in [0.1, 0.15) is 11.3 Å². The molecule has 0 atom stereocenters. The minimum Gasteiger partial charge on any atom is -0.426 e. The van der Waals surface area contributed by atoms with Crippen LogP contribution in [0.5, 0.6) is 5.75 Å². The van der Waals surface area contributed by atoms with E-state index in [1.165, 1.54) is 0 Å². The smallest absolute Gasteiger partial charge is 0.339 e. The summed E-state index contributed by atoms with van der Waals surface area (Å²) < 4.78 is 10.8. The molecule has 0 fully saturated rings. The van der Waals surface area contributed by atoms with Crippen molar-refractivity contribution in [1.29, 1.82) is 0 Å². The van der Waals surface area contributed by atoms with E-state index in [1.54, 1.807) is 12.1 Å². The minimum atomic E-state index is -0.341. The van der Waals surface area contributed by atoms with Crippen LogP contribution in [-0.4, -0.2) is 5.97 Å². The zero-order chi connectivity index (χ0) is 17.4. The lowest BCUT2D eigenvalue weighted by Crippen LogP contribution is -2.11. The molecule has 0 saturated carbocycles. The van der Waals surface area contributed by atoms with Gasteiger partial charge >= 0.3 is 11.6 Å². The Bertz CT molecular complexity index is 1010. The van der Waals surface area contributed by atoms with Crippen LogP contribution in [0.4, 0.5) is 0 Å². The van der Waals surface area contributed by atoms with E-state index in [9.17, 15) is 9.59 Å². The van der Waals surface area contributed by atoms with E-state index in [4.69, 9.17) is 9.15 Å². The van der Waals surface area contributed by atoms with Crippen molar-refractivity contribution in [2.75, 3.05) is 0 Å². The third-order valence-corrected chi connectivity index (χ3v) is 4.65. The molecule has 1 heterocycles. The van der Waals surface area contributed by atoms with Crippen molar-refractivity contribution in [2.24, 2.45) is 0 Å². The molecule has 0 spiro atoms. The minimum absolute atomic E-state index is 0.201. The summed E-state index contributed by atoms with van der Waals surface area (Å²) in [6, 6.07) is 13.0. The first-order chi connectivity index (χ1) is 12.1. The molecule has 126 valence electrons. The Morgan fingerprint density at radius 2 is 1.84 bits per heavy atom. The van der Waals surface area contributed by atoms with Gasteiger partial charge in [0.25, 0.3) is 0 Å². The molecule has 0 aliphatic heterocycles. The highest BCUT2D eigenvalue weighted by Gasteiger charge is 2.20. The second-order valence-corrected chi connectivity index (χ2v) is 6.49. The number of hydrogen-bond acceptors (Lipinski definition) is 4. The van der Waals surface area contributed by atoms with E-state index in [0.29, 0.717) is 11.3 Å². The number of carbonyl (C=O) groups is 1. The molecule has 4 nitrogen and oxygen atoms in total. The van der Waals surface area contributed by atoms with Gasteiger partial charge < -0.3 is 9.15 Å². The number of aryl methyl sites for hydroxylation is 2. The summed E-state index contributed by atoms with van der Waals surface area (Å²) in [6.07, 6.45) is 2.85. The van der Waals surface area contributed by atoms with Crippen molar-refractivity contribution < 1.29 is 13.9 Å². The van der Waals surface area contributed by atoms with Crippen LogP contribution in [0.3, 0.4) is 0 Å². The van der Waals surface area contributed by atoms with E-state index in [1.807, 2.05) is 37.3 Å². The van der Waals surface area contributed by atoms with Gasteiger partial charge in [0.05, 0.1) is 6.42 Å². The molecule has 4 heteroatoms. The highest BCUT2D eigenvalue weighted by molar-refractivity contribution is 5.84. The van der Waals surface area contributed by atoms with Gasteiger partial charge in [-0.2, -0.15) is 0 Å². The summed E-state index contributed by atoms with van der Waals surface area (Å²) in [5.41, 5.74) is 4.12. The van der Waals surface area contributed by atoms with Gasteiger partial charge in [0.15, 0.2) is 0 Å². The Balaban J connectivity index is 1.57. The molecule has 2 aromatic carbocycles. The van der Waals surface area contributed by atoms with Crippen molar-refractivity contribution in [3.05, 3.63) is 75.1 Å². The fraction of sp³-hybridized carbons (Fsp3) is 0.238. The van der Waals surface area contributed by atoms with Crippen LogP contribution in [0, 0.1) is 6.92 Å². The highest BCUT2D eigenvalue weighted by Crippen LogP contribution is 2.29. The van der Waals surface area contributed by atoms with Gasteiger partial charge in [0, 0.05) is 17.0 Å². The maximum Gasteiger partial charge on any atom is 0.339 e. The predicted octanol–water partition coefficient (Wildman–Crippen LogP) is 3.74. The molecule has 1 aliphatic carbocycles. The SMILES string of the molecule is Cc1ccc(CC(=O)Oc2ccc3c4c(c(=O)oc3c2)CCC4)cc1. The molecule has 1 aliphatic rings. The maximum absolute atomic E-state index is 12.1. The number of esters is 1. The van der Waals surface area contributed by atoms with Crippen LogP contribution in [-0.2, 0) is 24.1 Å². The fourth-order valence-electron chi connectivity index (χ4n) is 3.37. The van der Waals surface area contributed by atoms with Crippen molar-refractivity contribution in [1.82, 2.24) is 0 Å². The average Bonchev–Trinajstić information content (AvgIpc) is 3.07.